The van der Waals surface area contributed by atoms with Crippen LogP contribution >= 0.6 is 12.4 Å². The Labute approximate surface area is 148 Å². The molecule has 1 fully saturated rings. The molecule has 136 valence electrons. The number of hydrogen-bond acceptors (Lipinski definition) is 5. The summed E-state index contributed by atoms with van der Waals surface area (Å²) in [5.41, 5.74) is 0.681. The van der Waals surface area contributed by atoms with Gasteiger partial charge in [0.05, 0.1) is 17.8 Å². The number of nitrogens with two attached hydrogens (primary N) is 1. The number of carbonyl (C=O) groups is 1. The maximum atomic E-state index is 12.7. The SMILES string of the molecule is COCC1(C(=O)Nc2ccc(CS(N)(=O)=O)cc2)CCNCC1.Cl. The molecule has 9 heteroatoms. The van der Waals surface area contributed by atoms with Crippen LogP contribution < -0.4 is 15.8 Å². The molecule has 1 aromatic rings. The third kappa shape index (κ3) is 5.71. The van der Waals surface area contributed by atoms with Crippen molar-refractivity contribution in [2.24, 2.45) is 10.6 Å². The molecule has 0 atom stereocenters. The first-order valence-electron chi connectivity index (χ1n) is 7.45. The molecule has 0 bridgehead atoms. The Kier molecular flexibility index (Phi) is 7.62. The number of primary sulfonamides is 1. The van der Waals surface area contributed by atoms with Crippen molar-refractivity contribution in [3.05, 3.63) is 29.8 Å². The Bertz CT molecular complexity index is 638. The Balaban J connectivity index is 0.00000288. The molecule has 2 rings (SSSR count). The Morgan fingerprint density at radius 1 is 1.29 bits per heavy atom. The molecule has 4 N–H and O–H groups in total. The fraction of sp³-hybridized carbons (Fsp3) is 0.533. The standard InChI is InChI=1S/C15H23N3O4S.ClH/c1-22-11-15(6-8-17-9-7-15)14(19)18-13-4-2-12(3-5-13)10-23(16,20)21;/h2-5,17H,6-11H2,1H3,(H,18,19)(H2,16,20,21);1H. The number of piperidine rings is 1. The van der Waals surface area contributed by atoms with Gasteiger partial charge in [0, 0.05) is 12.8 Å². The van der Waals surface area contributed by atoms with Crippen LogP contribution in [0.15, 0.2) is 24.3 Å². The number of amides is 1. The zero-order valence-electron chi connectivity index (χ0n) is 13.6. The van der Waals surface area contributed by atoms with Crippen molar-refractivity contribution in [2.75, 3.05) is 32.1 Å². The number of carbonyl (C=O) groups excluding carboxylic acids is 1. The summed E-state index contributed by atoms with van der Waals surface area (Å²) in [5, 5.41) is 11.2. The second kappa shape index (κ2) is 8.77. The van der Waals surface area contributed by atoms with Gasteiger partial charge in [-0.3, -0.25) is 4.79 Å². The molecule has 0 unspecified atom stereocenters. The molecule has 0 saturated carbocycles. The first kappa shape index (κ1) is 20.9. The van der Waals surface area contributed by atoms with Crippen LogP contribution in [0.5, 0.6) is 0 Å². The first-order chi connectivity index (χ1) is 10.8. The molecule has 1 aromatic carbocycles. The molecule has 1 aliphatic rings. The van der Waals surface area contributed by atoms with Gasteiger partial charge in [-0.1, -0.05) is 12.1 Å². The van der Waals surface area contributed by atoms with E-state index in [2.05, 4.69) is 10.6 Å². The van der Waals surface area contributed by atoms with Gasteiger partial charge < -0.3 is 15.4 Å². The normalized spacial score (nSPS) is 16.9. The predicted molar refractivity (Wildman–Crippen MR) is 95.5 cm³/mol. The van der Waals surface area contributed by atoms with E-state index in [4.69, 9.17) is 9.88 Å². The monoisotopic (exact) mass is 377 g/mol. The lowest BCUT2D eigenvalue weighted by Gasteiger charge is -2.35. The highest BCUT2D eigenvalue weighted by Gasteiger charge is 2.39. The number of nitrogens with one attached hydrogen (secondary N) is 2. The third-order valence-electron chi connectivity index (χ3n) is 4.04. The van der Waals surface area contributed by atoms with Crippen molar-refractivity contribution >= 4 is 34.0 Å². The van der Waals surface area contributed by atoms with Gasteiger partial charge in [0.25, 0.3) is 0 Å². The Morgan fingerprint density at radius 3 is 2.38 bits per heavy atom. The summed E-state index contributed by atoms with van der Waals surface area (Å²) in [6.45, 7) is 1.94. The average Bonchev–Trinajstić information content (AvgIpc) is 2.49. The van der Waals surface area contributed by atoms with Crippen molar-refractivity contribution in [1.29, 1.82) is 0 Å². The van der Waals surface area contributed by atoms with Crippen LogP contribution in [0.3, 0.4) is 0 Å². The molecule has 7 nitrogen and oxygen atoms in total. The van der Waals surface area contributed by atoms with Crippen molar-refractivity contribution in [1.82, 2.24) is 5.32 Å². The maximum absolute atomic E-state index is 12.7. The van der Waals surface area contributed by atoms with Crippen LogP contribution in [0.25, 0.3) is 0 Å². The number of hydrogen-bond donors (Lipinski definition) is 3. The van der Waals surface area contributed by atoms with Gasteiger partial charge in [0.15, 0.2) is 0 Å². The number of rotatable bonds is 6. The van der Waals surface area contributed by atoms with E-state index in [0.717, 1.165) is 25.9 Å². The molecule has 24 heavy (non-hydrogen) atoms. The summed E-state index contributed by atoms with van der Waals surface area (Å²) < 4.78 is 27.4. The molecule has 0 radical (unpaired) electrons. The van der Waals surface area contributed by atoms with Gasteiger partial charge in [-0.25, -0.2) is 13.6 Å². The lowest BCUT2D eigenvalue weighted by Crippen LogP contribution is -2.47. The van der Waals surface area contributed by atoms with E-state index in [9.17, 15) is 13.2 Å². The quantitative estimate of drug-likeness (QED) is 0.680. The number of ether oxygens (including phenoxy) is 1. The second-order valence-electron chi connectivity index (χ2n) is 5.92. The summed E-state index contributed by atoms with van der Waals surface area (Å²) in [6, 6.07) is 6.65. The highest BCUT2D eigenvalue weighted by Crippen LogP contribution is 2.31. The zero-order chi connectivity index (χ0) is 16.9. The minimum atomic E-state index is -3.56. The molecule has 1 heterocycles. The number of anilines is 1. The van der Waals surface area contributed by atoms with Crippen molar-refractivity contribution in [2.45, 2.75) is 18.6 Å². The maximum Gasteiger partial charge on any atom is 0.233 e. The molecule has 0 spiro atoms. The highest BCUT2D eigenvalue weighted by atomic mass is 35.5. The molecule has 1 saturated heterocycles. The van der Waals surface area contributed by atoms with E-state index in [-0.39, 0.29) is 24.1 Å². The van der Waals surface area contributed by atoms with Gasteiger partial charge in [-0.15, -0.1) is 12.4 Å². The number of halogens is 1. The third-order valence-corrected chi connectivity index (χ3v) is 4.78. The van der Waals surface area contributed by atoms with E-state index in [0.29, 0.717) is 17.9 Å². The van der Waals surface area contributed by atoms with Crippen LogP contribution in [0, 0.1) is 5.41 Å². The molecule has 0 aliphatic carbocycles. The van der Waals surface area contributed by atoms with Gasteiger partial charge >= 0.3 is 0 Å². The first-order valence-corrected chi connectivity index (χ1v) is 9.17. The fourth-order valence-electron chi connectivity index (χ4n) is 2.80. The van der Waals surface area contributed by atoms with Crippen LogP contribution in [-0.2, 0) is 25.3 Å². The Morgan fingerprint density at radius 2 is 1.88 bits per heavy atom. The predicted octanol–water partition coefficient (Wildman–Crippen LogP) is 0.852. The van der Waals surface area contributed by atoms with Crippen LogP contribution in [0.4, 0.5) is 5.69 Å². The minimum Gasteiger partial charge on any atom is -0.384 e. The van der Waals surface area contributed by atoms with Crippen molar-refractivity contribution < 1.29 is 17.9 Å². The van der Waals surface area contributed by atoms with Crippen LogP contribution in [-0.4, -0.2) is 41.1 Å². The topological polar surface area (TPSA) is 111 Å². The van der Waals surface area contributed by atoms with Crippen LogP contribution in [0.2, 0.25) is 0 Å². The molecule has 1 aliphatic heterocycles. The molecular weight excluding hydrogens is 354 g/mol. The van der Waals surface area contributed by atoms with E-state index >= 15 is 0 Å². The number of sulfonamides is 1. The van der Waals surface area contributed by atoms with E-state index in [1.807, 2.05) is 0 Å². The summed E-state index contributed by atoms with van der Waals surface area (Å²) in [7, 11) is -1.96. The zero-order valence-corrected chi connectivity index (χ0v) is 15.2. The number of benzene rings is 1. The van der Waals surface area contributed by atoms with Gasteiger partial charge in [0.1, 0.15) is 0 Å². The summed E-state index contributed by atoms with van der Waals surface area (Å²) in [4.78, 5) is 12.7. The Hall–Kier alpha value is -1.19. The summed E-state index contributed by atoms with van der Waals surface area (Å²) in [6.07, 6.45) is 1.44. The van der Waals surface area contributed by atoms with Gasteiger partial charge in [-0.05, 0) is 43.6 Å². The smallest absolute Gasteiger partial charge is 0.233 e. The highest BCUT2D eigenvalue weighted by molar-refractivity contribution is 7.88. The van der Waals surface area contributed by atoms with Crippen molar-refractivity contribution in [3.63, 3.8) is 0 Å². The summed E-state index contributed by atoms with van der Waals surface area (Å²) in [5.74, 6) is -0.291. The lowest BCUT2D eigenvalue weighted by molar-refractivity contribution is -0.130. The number of methoxy groups -OCH3 is 1. The fourth-order valence-corrected chi connectivity index (χ4v) is 3.46. The molecule has 0 aromatic heterocycles. The van der Waals surface area contributed by atoms with Gasteiger partial charge in [0.2, 0.25) is 15.9 Å². The van der Waals surface area contributed by atoms with E-state index in [1.54, 1.807) is 31.4 Å². The largest absolute Gasteiger partial charge is 0.384 e. The van der Waals surface area contributed by atoms with E-state index < -0.39 is 15.4 Å². The molecule has 1 amide bonds. The van der Waals surface area contributed by atoms with Gasteiger partial charge in [-0.2, -0.15) is 0 Å². The van der Waals surface area contributed by atoms with Crippen molar-refractivity contribution in [3.8, 4) is 0 Å². The lowest BCUT2D eigenvalue weighted by atomic mass is 9.78. The van der Waals surface area contributed by atoms with Crippen LogP contribution in [0.1, 0.15) is 18.4 Å². The molecular formula is C15H24ClN3O4S. The summed E-state index contributed by atoms with van der Waals surface area (Å²) >= 11 is 0. The minimum absolute atomic E-state index is 0. The average molecular weight is 378 g/mol. The van der Waals surface area contributed by atoms with E-state index in [1.165, 1.54) is 0 Å². The second-order valence-corrected chi connectivity index (χ2v) is 7.54.